The van der Waals surface area contributed by atoms with E-state index in [0.717, 1.165) is 29.6 Å². The van der Waals surface area contributed by atoms with Crippen molar-refractivity contribution in [2.75, 3.05) is 40.5 Å². The van der Waals surface area contributed by atoms with Gasteiger partial charge in [0, 0.05) is 27.2 Å². The predicted molar refractivity (Wildman–Crippen MR) is 106 cm³/mol. The second-order valence-electron chi connectivity index (χ2n) is 6.35. The van der Waals surface area contributed by atoms with E-state index in [1.54, 1.807) is 7.05 Å². The molecule has 6 heteroatoms. The molecular weight excluding hydrogens is 342 g/mol. The molecule has 2 aromatic rings. The number of benzene rings is 2. The first-order valence-corrected chi connectivity index (χ1v) is 9.18. The van der Waals surface area contributed by atoms with E-state index in [-0.39, 0.29) is 0 Å². The van der Waals surface area contributed by atoms with Gasteiger partial charge >= 0.3 is 0 Å². The van der Waals surface area contributed by atoms with E-state index in [9.17, 15) is 0 Å². The molecule has 144 valence electrons. The minimum atomic E-state index is 0.596. The van der Waals surface area contributed by atoms with Crippen LogP contribution in [0.15, 0.2) is 53.5 Å². The molecule has 0 fully saturated rings. The molecule has 0 saturated heterocycles. The maximum Gasteiger partial charge on any atom is 0.193 e. The first-order chi connectivity index (χ1) is 13.3. The Morgan fingerprint density at radius 2 is 1.85 bits per heavy atom. The third kappa shape index (κ3) is 5.62. The van der Waals surface area contributed by atoms with Crippen molar-refractivity contribution >= 4 is 5.96 Å². The van der Waals surface area contributed by atoms with Gasteiger partial charge in [0.15, 0.2) is 17.5 Å². The molecule has 0 amide bonds. The minimum absolute atomic E-state index is 0.596. The Kier molecular flexibility index (Phi) is 6.93. The second kappa shape index (κ2) is 9.83. The Hall–Kier alpha value is -2.73. The zero-order valence-corrected chi connectivity index (χ0v) is 16.0. The monoisotopic (exact) mass is 369 g/mol. The number of hydrogen-bond acceptors (Lipinski definition) is 4. The van der Waals surface area contributed by atoms with Crippen molar-refractivity contribution in [1.29, 1.82) is 0 Å². The summed E-state index contributed by atoms with van der Waals surface area (Å²) in [5, 5.41) is 3.33. The van der Waals surface area contributed by atoms with Crippen molar-refractivity contribution in [3.8, 4) is 11.5 Å². The standard InChI is InChI=1S/C21H27N3O3/c1-22-21(23-10-11-25-16-17-6-4-3-5-7-17)24(2)15-18-8-9-19-20(14-18)27-13-12-26-19/h3-9,14H,10-13,15-16H2,1-2H3,(H,22,23). The lowest BCUT2D eigenvalue weighted by Crippen LogP contribution is -2.39. The molecule has 0 unspecified atom stereocenters. The number of hydrogen-bond donors (Lipinski definition) is 1. The molecule has 0 aromatic heterocycles. The molecule has 1 aliphatic rings. The fourth-order valence-electron chi connectivity index (χ4n) is 2.92. The van der Waals surface area contributed by atoms with Crippen molar-refractivity contribution in [2.45, 2.75) is 13.2 Å². The van der Waals surface area contributed by atoms with Crippen molar-refractivity contribution in [1.82, 2.24) is 10.2 Å². The number of nitrogens with one attached hydrogen (secondary N) is 1. The van der Waals surface area contributed by atoms with E-state index in [4.69, 9.17) is 14.2 Å². The smallest absolute Gasteiger partial charge is 0.193 e. The van der Waals surface area contributed by atoms with Gasteiger partial charge in [-0.05, 0) is 23.3 Å². The van der Waals surface area contributed by atoms with Crippen molar-refractivity contribution in [3.05, 3.63) is 59.7 Å². The molecule has 1 heterocycles. The predicted octanol–water partition coefficient (Wildman–Crippen LogP) is 2.68. The lowest BCUT2D eigenvalue weighted by Gasteiger charge is -2.23. The summed E-state index contributed by atoms with van der Waals surface area (Å²) in [5.74, 6) is 2.45. The number of ether oxygens (including phenoxy) is 3. The van der Waals surface area contributed by atoms with Crippen LogP contribution in [0.25, 0.3) is 0 Å². The summed E-state index contributed by atoms with van der Waals surface area (Å²) in [6, 6.07) is 16.2. The summed E-state index contributed by atoms with van der Waals surface area (Å²) in [6.07, 6.45) is 0. The SMILES string of the molecule is CN=C(NCCOCc1ccccc1)N(C)Cc1ccc2c(c1)OCCO2. The molecule has 6 nitrogen and oxygen atoms in total. The van der Waals surface area contributed by atoms with Crippen LogP contribution in [0, 0.1) is 0 Å². The molecule has 0 bridgehead atoms. The van der Waals surface area contributed by atoms with E-state index in [2.05, 4.69) is 33.4 Å². The van der Waals surface area contributed by atoms with Gasteiger partial charge in [0.25, 0.3) is 0 Å². The Morgan fingerprint density at radius 3 is 2.63 bits per heavy atom. The zero-order valence-electron chi connectivity index (χ0n) is 16.0. The summed E-state index contributed by atoms with van der Waals surface area (Å²) >= 11 is 0. The van der Waals surface area contributed by atoms with Gasteiger partial charge in [0.1, 0.15) is 13.2 Å². The minimum Gasteiger partial charge on any atom is -0.486 e. The van der Waals surface area contributed by atoms with Crippen LogP contribution in [-0.4, -0.2) is 51.3 Å². The lowest BCUT2D eigenvalue weighted by molar-refractivity contribution is 0.125. The molecule has 0 spiro atoms. The van der Waals surface area contributed by atoms with Gasteiger partial charge in [-0.3, -0.25) is 4.99 Å². The number of nitrogens with zero attached hydrogens (tertiary/aromatic N) is 2. The lowest BCUT2D eigenvalue weighted by atomic mass is 10.2. The number of aliphatic imine (C=N–C) groups is 1. The maximum atomic E-state index is 5.71. The average molecular weight is 369 g/mol. The summed E-state index contributed by atoms with van der Waals surface area (Å²) in [7, 11) is 3.80. The van der Waals surface area contributed by atoms with Crippen LogP contribution in [0.3, 0.4) is 0 Å². The normalized spacial score (nSPS) is 13.3. The summed E-state index contributed by atoms with van der Waals surface area (Å²) in [6.45, 7) is 3.86. The fourth-order valence-corrected chi connectivity index (χ4v) is 2.92. The van der Waals surface area contributed by atoms with Gasteiger partial charge in [-0.1, -0.05) is 36.4 Å². The van der Waals surface area contributed by atoms with Gasteiger partial charge in [-0.2, -0.15) is 0 Å². The number of rotatable bonds is 7. The Balaban J connectivity index is 1.43. The van der Waals surface area contributed by atoms with E-state index < -0.39 is 0 Å². The Morgan fingerprint density at radius 1 is 1.07 bits per heavy atom. The van der Waals surface area contributed by atoms with Crippen LogP contribution >= 0.6 is 0 Å². The molecule has 0 aliphatic carbocycles. The van der Waals surface area contributed by atoms with E-state index in [1.165, 1.54) is 5.56 Å². The molecule has 1 N–H and O–H groups in total. The third-order valence-corrected chi connectivity index (χ3v) is 4.24. The molecule has 0 radical (unpaired) electrons. The van der Waals surface area contributed by atoms with Crippen LogP contribution in [0.2, 0.25) is 0 Å². The van der Waals surface area contributed by atoms with Crippen LogP contribution in [-0.2, 0) is 17.9 Å². The highest BCUT2D eigenvalue weighted by Crippen LogP contribution is 2.30. The highest BCUT2D eigenvalue weighted by atomic mass is 16.6. The van der Waals surface area contributed by atoms with Crippen molar-refractivity contribution < 1.29 is 14.2 Å². The van der Waals surface area contributed by atoms with E-state index in [0.29, 0.717) is 33.0 Å². The van der Waals surface area contributed by atoms with Crippen LogP contribution in [0.1, 0.15) is 11.1 Å². The van der Waals surface area contributed by atoms with Crippen LogP contribution in [0.4, 0.5) is 0 Å². The van der Waals surface area contributed by atoms with Crippen LogP contribution < -0.4 is 14.8 Å². The van der Waals surface area contributed by atoms with Gasteiger partial charge in [-0.25, -0.2) is 0 Å². The number of guanidine groups is 1. The molecular formula is C21H27N3O3. The molecule has 27 heavy (non-hydrogen) atoms. The fraction of sp³-hybridized carbons (Fsp3) is 0.381. The molecule has 2 aromatic carbocycles. The summed E-state index contributed by atoms with van der Waals surface area (Å²) < 4.78 is 16.9. The Labute approximate surface area is 160 Å². The molecule has 1 aliphatic heterocycles. The first kappa shape index (κ1) is 19.0. The zero-order chi connectivity index (χ0) is 18.9. The first-order valence-electron chi connectivity index (χ1n) is 9.18. The quantitative estimate of drug-likeness (QED) is 0.462. The molecule has 0 saturated carbocycles. The van der Waals surface area contributed by atoms with E-state index >= 15 is 0 Å². The molecule has 0 atom stereocenters. The van der Waals surface area contributed by atoms with Gasteiger partial charge in [0.05, 0.1) is 13.2 Å². The molecule has 3 rings (SSSR count). The van der Waals surface area contributed by atoms with Gasteiger partial charge in [0.2, 0.25) is 0 Å². The largest absolute Gasteiger partial charge is 0.486 e. The van der Waals surface area contributed by atoms with Crippen molar-refractivity contribution in [3.63, 3.8) is 0 Å². The van der Waals surface area contributed by atoms with Crippen LogP contribution in [0.5, 0.6) is 11.5 Å². The Bertz CT molecular complexity index is 750. The topological polar surface area (TPSA) is 55.3 Å². The second-order valence-corrected chi connectivity index (χ2v) is 6.35. The third-order valence-electron chi connectivity index (χ3n) is 4.24. The average Bonchev–Trinajstić information content (AvgIpc) is 2.71. The van der Waals surface area contributed by atoms with Crippen molar-refractivity contribution in [2.24, 2.45) is 4.99 Å². The highest BCUT2D eigenvalue weighted by molar-refractivity contribution is 5.79. The highest BCUT2D eigenvalue weighted by Gasteiger charge is 2.13. The van der Waals surface area contributed by atoms with Gasteiger partial charge < -0.3 is 24.4 Å². The summed E-state index contributed by atoms with van der Waals surface area (Å²) in [5.41, 5.74) is 2.32. The summed E-state index contributed by atoms with van der Waals surface area (Å²) in [4.78, 5) is 6.42. The maximum absolute atomic E-state index is 5.71. The van der Waals surface area contributed by atoms with Gasteiger partial charge in [-0.15, -0.1) is 0 Å². The van der Waals surface area contributed by atoms with E-state index in [1.807, 2.05) is 37.4 Å². The number of fused-ring (bicyclic) bond motifs is 1.